The number of likely N-dealkylation sites (tertiary alicyclic amines) is 1. The molecule has 0 bridgehead atoms. The zero-order valence-electron chi connectivity index (χ0n) is 13.9. The van der Waals surface area contributed by atoms with Crippen molar-refractivity contribution >= 4 is 16.9 Å². The van der Waals surface area contributed by atoms with Gasteiger partial charge < -0.3 is 9.47 Å². The maximum atomic E-state index is 12.6. The standard InChI is InChI=1S/C20H21N3O/c1-15-5-7-18(8-6-15)23-12-9-16-13-17(14-21-19(16)23)20(24)22-10-3-2-4-11-22/h5-9,12-14H,2-4,10-11H2,1H3. The van der Waals surface area contributed by atoms with Gasteiger partial charge in [-0.15, -0.1) is 0 Å². The lowest BCUT2D eigenvalue weighted by Gasteiger charge is -2.26. The Morgan fingerprint density at radius 3 is 2.54 bits per heavy atom. The Bertz CT molecular complexity index is 874. The highest BCUT2D eigenvalue weighted by Gasteiger charge is 2.19. The number of aromatic nitrogens is 2. The van der Waals surface area contributed by atoms with Gasteiger partial charge in [0.05, 0.1) is 5.56 Å². The minimum atomic E-state index is 0.104. The quantitative estimate of drug-likeness (QED) is 0.717. The van der Waals surface area contributed by atoms with E-state index in [4.69, 9.17) is 0 Å². The fourth-order valence-electron chi connectivity index (χ4n) is 3.33. The highest BCUT2D eigenvalue weighted by molar-refractivity contribution is 5.97. The summed E-state index contributed by atoms with van der Waals surface area (Å²) in [7, 11) is 0. The summed E-state index contributed by atoms with van der Waals surface area (Å²) in [5.74, 6) is 0.104. The van der Waals surface area contributed by atoms with Crippen LogP contribution in [0.25, 0.3) is 16.7 Å². The van der Waals surface area contributed by atoms with Crippen molar-refractivity contribution in [2.24, 2.45) is 0 Å². The Kier molecular flexibility index (Phi) is 3.81. The average molecular weight is 319 g/mol. The predicted octanol–water partition coefficient (Wildman–Crippen LogP) is 3.96. The summed E-state index contributed by atoms with van der Waals surface area (Å²) < 4.78 is 2.06. The molecule has 0 unspecified atom stereocenters. The summed E-state index contributed by atoms with van der Waals surface area (Å²) in [5, 5.41) is 0.999. The van der Waals surface area contributed by atoms with Gasteiger partial charge in [-0.3, -0.25) is 4.79 Å². The number of amides is 1. The van der Waals surface area contributed by atoms with E-state index in [2.05, 4.69) is 40.7 Å². The molecule has 122 valence electrons. The molecule has 4 heteroatoms. The summed E-state index contributed by atoms with van der Waals surface area (Å²) in [6.07, 6.45) is 7.15. The van der Waals surface area contributed by atoms with Crippen LogP contribution in [0.1, 0.15) is 35.2 Å². The minimum Gasteiger partial charge on any atom is -0.339 e. The van der Waals surface area contributed by atoms with Gasteiger partial charge in [0.15, 0.2) is 0 Å². The minimum absolute atomic E-state index is 0.104. The Morgan fingerprint density at radius 2 is 1.79 bits per heavy atom. The zero-order valence-corrected chi connectivity index (χ0v) is 13.9. The number of carbonyl (C=O) groups is 1. The second kappa shape index (κ2) is 6.11. The number of carbonyl (C=O) groups excluding carboxylic acids is 1. The van der Waals surface area contributed by atoms with E-state index in [-0.39, 0.29) is 5.91 Å². The van der Waals surface area contributed by atoms with Gasteiger partial charge in [-0.05, 0) is 50.5 Å². The molecule has 3 heterocycles. The van der Waals surface area contributed by atoms with Crippen LogP contribution in [0.2, 0.25) is 0 Å². The lowest BCUT2D eigenvalue weighted by molar-refractivity contribution is 0.0724. The molecule has 3 aromatic rings. The van der Waals surface area contributed by atoms with Crippen LogP contribution in [0, 0.1) is 6.92 Å². The maximum absolute atomic E-state index is 12.6. The van der Waals surface area contributed by atoms with Crippen molar-refractivity contribution in [2.75, 3.05) is 13.1 Å². The summed E-state index contributed by atoms with van der Waals surface area (Å²) in [6.45, 7) is 3.80. The molecule has 0 saturated carbocycles. The first-order chi connectivity index (χ1) is 11.7. The van der Waals surface area contributed by atoms with E-state index in [1.165, 1.54) is 12.0 Å². The summed E-state index contributed by atoms with van der Waals surface area (Å²) in [6, 6.07) is 12.3. The molecule has 0 N–H and O–H groups in total. The Balaban J connectivity index is 1.67. The molecule has 0 aliphatic carbocycles. The van der Waals surface area contributed by atoms with E-state index in [0.29, 0.717) is 5.56 Å². The molecule has 0 radical (unpaired) electrons. The van der Waals surface area contributed by atoms with Gasteiger partial charge in [0.25, 0.3) is 5.91 Å². The second-order valence-corrected chi connectivity index (χ2v) is 6.51. The molecule has 1 amide bonds. The van der Waals surface area contributed by atoms with E-state index < -0.39 is 0 Å². The highest BCUT2D eigenvalue weighted by atomic mass is 16.2. The number of hydrogen-bond acceptors (Lipinski definition) is 2. The first-order valence-electron chi connectivity index (χ1n) is 8.56. The van der Waals surface area contributed by atoms with Crippen LogP contribution in [-0.2, 0) is 0 Å². The number of pyridine rings is 1. The van der Waals surface area contributed by atoms with E-state index in [1.807, 2.05) is 23.2 Å². The Morgan fingerprint density at radius 1 is 1.04 bits per heavy atom. The smallest absolute Gasteiger partial charge is 0.255 e. The summed E-state index contributed by atoms with van der Waals surface area (Å²) in [5.41, 5.74) is 3.89. The van der Waals surface area contributed by atoms with Gasteiger partial charge in [0.1, 0.15) is 5.65 Å². The number of nitrogens with zero attached hydrogens (tertiary/aromatic N) is 3. The summed E-state index contributed by atoms with van der Waals surface area (Å²) in [4.78, 5) is 19.2. The van der Waals surface area contributed by atoms with Gasteiger partial charge in [-0.2, -0.15) is 0 Å². The molecule has 0 spiro atoms. The van der Waals surface area contributed by atoms with Crippen molar-refractivity contribution in [3.63, 3.8) is 0 Å². The molecule has 4 rings (SSSR count). The van der Waals surface area contributed by atoms with Gasteiger partial charge in [0.2, 0.25) is 0 Å². The number of rotatable bonds is 2. The molecule has 1 aromatic carbocycles. The average Bonchev–Trinajstić information content (AvgIpc) is 3.05. The van der Waals surface area contributed by atoms with E-state index in [9.17, 15) is 4.79 Å². The van der Waals surface area contributed by atoms with Gasteiger partial charge in [0, 0.05) is 36.6 Å². The summed E-state index contributed by atoms with van der Waals surface area (Å²) >= 11 is 0. The van der Waals surface area contributed by atoms with Gasteiger partial charge >= 0.3 is 0 Å². The van der Waals surface area contributed by atoms with Crippen molar-refractivity contribution in [2.45, 2.75) is 26.2 Å². The molecule has 4 nitrogen and oxygen atoms in total. The lowest BCUT2D eigenvalue weighted by atomic mass is 10.1. The van der Waals surface area contributed by atoms with Crippen LogP contribution < -0.4 is 0 Å². The number of aryl methyl sites for hydroxylation is 1. The van der Waals surface area contributed by atoms with Crippen LogP contribution in [0.15, 0.2) is 48.8 Å². The second-order valence-electron chi connectivity index (χ2n) is 6.51. The fraction of sp³-hybridized carbons (Fsp3) is 0.300. The Hall–Kier alpha value is -2.62. The number of fused-ring (bicyclic) bond motifs is 1. The monoisotopic (exact) mass is 319 g/mol. The van der Waals surface area contributed by atoms with Crippen LogP contribution in [0.5, 0.6) is 0 Å². The van der Waals surface area contributed by atoms with Crippen molar-refractivity contribution in [1.29, 1.82) is 0 Å². The first-order valence-corrected chi connectivity index (χ1v) is 8.56. The van der Waals surface area contributed by atoms with Crippen LogP contribution in [0.3, 0.4) is 0 Å². The molecular weight excluding hydrogens is 298 g/mol. The number of hydrogen-bond donors (Lipinski definition) is 0. The molecule has 24 heavy (non-hydrogen) atoms. The molecular formula is C20H21N3O. The molecule has 1 fully saturated rings. The molecule has 2 aromatic heterocycles. The number of piperidine rings is 1. The van der Waals surface area contributed by atoms with E-state index in [1.54, 1.807) is 6.20 Å². The fourth-order valence-corrected chi connectivity index (χ4v) is 3.33. The lowest BCUT2D eigenvalue weighted by Crippen LogP contribution is -2.35. The van der Waals surface area contributed by atoms with Gasteiger partial charge in [-0.1, -0.05) is 17.7 Å². The largest absolute Gasteiger partial charge is 0.339 e. The Labute approximate surface area is 141 Å². The predicted molar refractivity (Wildman–Crippen MR) is 95.6 cm³/mol. The third-order valence-corrected chi connectivity index (χ3v) is 4.73. The highest BCUT2D eigenvalue weighted by Crippen LogP contribution is 2.21. The third-order valence-electron chi connectivity index (χ3n) is 4.73. The van der Waals surface area contributed by atoms with E-state index >= 15 is 0 Å². The van der Waals surface area contributed by atoms with Crippen molar-refractivity contribution in [3.8, 4) is 5.69 Å². The van der Waals surface area contributed by atoms with Crippen molar-refractivity contribution < 1.29 is 4.79 Å². The van der Waals surface area contributed by atoms with Crippen LogP contribution >= 0.6 is 0 Å². The molecule has 1 aliphatic rings. The van der Waals surface area contributed by atoms with Gasteiger partial charge in [-0.25, -0.2) is 4.98 Å². The van der Waals surface area contributed by atoms with E-state index in [0.717, 1.165) is 42.7 Å². The third kappa shape index (κ3) is 2.68. The van der Waals surface area contributed by atoms with Crippen molar-refractivity contribution in [1.82, 2.24) is 14.5 Å². The molecule has 1 aliphatic heterocycles. The number of benzene rings is 1. The van der Waals surface area contributed by atoms with Crippen LogP contribution in [-0.4, -0.2) is 33.4 Å². The SMILES string of the molecule is Cc1ccc(-n2ccc3cc(C(=O)N4CCCCC4)cnc32)cc1. The zero-order chi connectivity index (χ0) is 16.5. The topological polar surface area (TPSA) is 38.1 Å². The molecule has 1 saturated heterocycles. The molecule has 0 atom stereocenters. The first kappa shape index (κ1) is 14.9. The van der Waals surface area contributed by atoms with Crippen molar-refractivity contribution in [3.05, 3.63) is 59.9 Å². The van der Waals surface area contributed by atoms with Crippen LogP contribution in [0.4, 0.5) is 0 Å². The maximum Gasteiger partial charge on any atom is 0.255 e. The normalized spacial score (nSPS) is 15.0.